The number of rotatable bonds is 8. The maximum Gasteiger partial charge on any atom is 0.410 e. The molecule has 27 nitrogen and oxygen atoms in total. The van der Waals surface area contributed by atoms with Crippen molar-refractivity contribution in [2.45, 2.75) is 155 Å². The second-order valence-corrected chi connectivity index (χ2v) is 27.8. The first-order chi connectivity index (χ1) is 43.0. The molecular weight excluding hydrogens is 1240 g/mol. The van der Waals surface area contributed by atoms with Crippen LogP contribution >= 0.6 is 34.8 Å². The number of anilines is 6. The summed E-state index contributed by atoms with van der Waals surface area (Å²) in [5, 5.41) is 12.8. The maximum atomic E-state index is 12.4. The number of amides is 4. The van der Waals surface area contributed by atoms with Crippen LogP contribution in [0.25, 0.3) is 0 Å². The molecule has 498 valence electrons. The number of nitrogens with zero attached hydrogens (tertiary/aromatic N) is 12. The summed E-state index contributed by atoms with van der Waals surface area (Å²) in [4.78, 5) is 108. The Hall–Kier alpha value is -7.07. The average molecular weight is 1320 g/mol. The summed E-state index contributed by atoms with van der Waals surface area (Å²) >= 11 is 16.0. The molecule has 30 heteroatoms. The summed E-state index contributed by atoms with van der Waals surface area (Å²) in [7, 11) is 0. The molecule has 9 fully saturated rings. The van der Waals surface area contributed by atoms with Gasteiger partial charge in [-0.2, -0.15) is 0 Å². The van der Waals surface area contributed by atoms with Crippen molar-refractivity contribution in [3.63, 3.8) is 0 Å². The lowest BCUT2D eigenvalue weighted by atomic mass is 10.1. The fourth-order valence-corrected chi connectivity index (χ4v) is 11.1. The summed E-state index contributed by atoms with van der Waals surface area (Å²) in [5.41, 5.74) is 9.65. The van der Waals surface area contributed by atoms with Gasteiger partial charge in [0, 0.05) is 81.4 Å². The Bertz CT molecular complexity index is 3050. The standard InChI is InChI=1S/C19H27N5O3.C15H23N5O2.C8H8ClN3O.C6H12N2.C5H10O2.C4H4ClN3.C4H5ClO/c1-19(2,3)27-18(26)23-10-13-6-7-24(14(13)11-23)16-9-20-8-15(21-16)22-17(25)12-4-5-12;1-15(2,3)22-14(21)19-8-10-4-5-20(11(10)9-19)13-7-17-6-12(16)18-13;9-6-3-10-4-7(11-6)12-8(13)5-1-2-5;1-2-8-6-4-7-3-5(1)6;1-5(2,3)7-4-6;5-3-1-7-2-4(6)8-3;5-4(6)3-1-2-3/h8-9,12-14H,4-7,10-11H2,1-3H3,(H,21,22,25);6-7,10-11H,4-5,8-9H2,1-3H3,(H2,16,18);3-5H,1-2H2,(H,11,12,13);5-8H,1-4H2;4H,1-3H3;1-2H,(H2,6,8);3H,1-2H2. The molecule has 6 atom stereocenters. The molecule has 0 radical (unpaired) electrons. The molecule has 4 aromatic rings. The van der Waals surface area contributed by atoms with Crippen LogP contribution in [0, 0.1) is 35.5 Å². The van der Waals surface area contributed by atoms with Crippen molar-refractivity contribution >= 4 is 105 Å². The highest BCUT2D eigenvalue weighted by molar-refractivity contribution is 6.64. The van der Waals surface area contributed by atoms with Gasteiger partial charge in [-0.25, -0.2) is 29.5 Å². The Labute approximate surface area is 547 Å². The quantitative estimate of drug-likeness (QED) is 0.0560. The molecule has 0 bridgehead atoms. The van der Waals surface area contributed by atoms with Gasteiger partial charge in [0.1, 0.15) is 50.4 Å². The minimum Gasteiger partial charge on any atom is -0.462 e. The summed E-state index contributed by atoms with van der Waals surface area (Å²) < 4.78 is 15.5. The van der Waals surface area contributed by atoms with Crippen LogP contribution in [0.2, 0.25) is 10.3 Å². The van der Waals surface area contributed by atoms with Gasteiger partial charge in [0.25, 0.3) is 6.47 Å². The number of nitrogens with one attached hydrogen (secondary N) is 4. The van der Waals surface area contributed by atoms with Gasteiger partial charge in [0.05, 0.1) is 61.7 Å². The Balaban J connectivity index is 0.000000163. The van der Waals surface area contributed by atoms with Gasteiger partial charge in [0.2, 0.25) is 17.1 Å². The highest BCUT2D eigenvalue weighted by Gasteiger charge is 2.46. The lowest BCUT2D eigenvalue weighted by molar-refractivity contribution is -0.138. The number of ether oxygens (including phenoxy) is 3. The number of carbonyl (C=O) groups excluding carboxylic acids is 6. The summed E-state index contributed by atoms with van der Waals surface area (Å²) in [6.07, 6.45) is 21.2. The Kier molecular flexibility index (Phi) is 25.5. The molecule has 13 rings (SSSR count). The third-order valence-electron chi connectivity index (χ3n) is 15.4. The molecule has 4 aromatic heterocycles. The van der Waals surface area contributed by atoms with E-state index in [-0.39, 0.29) is 69.8 Å². The first-order valence-corrected chi connectivity index (χ1v) is 32.1. The van der Waals surface area contributed by atoms with Gasteiger partial charge in [-0.1, -0.05) is 23.2 Å². The predicted octanol–water partition coefficient (Wildman–Crippen LogP) is 7.65. The molecule has 91 heavy (non-hydrogen) atoms. The zero-order chi connectivity index (χ0) is 66.2. The Morgan fingerprint density at radius 3 is 1.38 bits per heavy atom. The second-order valence-electron chi connectivity index (χ2n) is 26.6. The molecule has 10 heterocycles. The zero-order valence-electron chi connectivity index (χ0n) is 53.4. The van der Waals surface area contributed by atoms with Crippen molar-refractivity contribution in [2.75, 3.05) is 90.8 Å². The average Bonchev–Trinajstić information content (AvgIpc) is 1.74. The normalized spacial score (nSPS) is 22.4. The van der Waals surface area contributed by atoms with E-state index in [0.29, 0.717) is 66.4 Å². The SMILES string of the molecule is C1CC2CNCC2N1.CC(C)(C)OC(=O)N1CC2CCN(c3cncc(N)n3)C2C1.CC(C)(C)OC(=O)N1CC2CCN(c3cncc(NC(=O)C4CC4)n3)C2C1.CC(C)(C)OC=O.Nc1cncc(Cl)n1.O=C(Cl)C1CC1.O=C(Nc1cncc(Cl)n1)C1CC1. The van der Waals surface area contributed by atoms with E-state index in [1.807, 2.05) is 62.3 Å². The Morgan fingerprint density at radius 2 is 1.00 bits per heavy atom. The first-order valence-electron chi connectivity index (χ1n) is 31.0. The minimum atomic E-state index is -0.492. The maximum absolute atomic E-state index is 12.4. The molecule has 3 aliphatic carbocycles. The van der Waals surface area contributed by atoms with Gasteiger partial charge in [0.15, 0.2) is 11.6 Å². The van der Waals surface area contributed by atoms with Crippen LogP contribution in [-0.2, 0) is 33.4 Å². The molecular formula is C61H89Cl3N18O9. The molecule has 6 saturated heterocycles. The van der Waals surface area contributed by atoms with Crippen molar-refractivity contribution in [3.8, 4) is 0 Å². The number of nitrogen functional groups attached to an aromatic ring is 2. The molecule has 3 saturated carbocycles. The van der Waals surface area contributed by atoms with E-state index in [2.05, 4.69) is 75.7 Å². The van der Waals surface area contributed by atoms with Crippen LogP contribution in [0.5, 0.6) is 0 Å². The van der Waals surface area contributed by atoms with E-state index in [4.69, 9.17) is 55.7 Å². The third-order valence-corrected chi connectivity index (χ3v) is 16.1. The van der Waals surface area contributed by atoms with Crippen LogP contribution in [-0.4, -0.2) is 179 Å². The molecule has 9 aliphatic rings. The van der Waals surface area contributed by atoms with Gasteiger partial charge in [-0.15, -0.1) is 0 Å². The lowest BCUT2D eigenvalue weighted by Gasteiger charge is -2.27. The van der Waals surface area contributed by atoms with E-state index in [0.717, 1.165) is 94.6 Å². The number of carbonyl (C=O) groups is 6. The van der Waals surface area contributed by atoms with Crippen molar-refractivity contribution in [1.29, 1.82) is 0 Å². The van der Waals surface area contributed by atoms with Crippen molar-refractivity contribution < 1.29 is 43.0 Å². The van der Waals surface area contributed by atoms with Crippen molar-refractivity contribution in [1.82, 2.24) is 60.3 Å². The number of likely N-dealkylation sites (tertiary alicyclic amines) is 2. The minimum absolute atomic E-state index is 0.0107. The molecule has 6 aliphatic heterocycles. The van der Waals surface area contributed by atoms with Crippen LogP contribution in [0.4, 0.5) is 44.5 Å². The largest absolute Gasteiger partial charge is 0.462 e. The predicted molar refractivity (Wildman–Crippen MR) is 347 cm³/mol. The zero-order valence-corrected chi connectivity index (χ0v) is 55.7. The van der Waals surface area contributed by atoms with Crippen LogP contribution < -0.4 is 42.5 Å². The molecule has 8 N–H and O–H groups in total. The van der Waals surface area contributed by atoms with Crippen molar-refractivity contribution in [3.05, 3.63) is 59.9 Å². The van der Waals surface area contributed by atoms with E-state index in [9.17, 15) is 28.8 Å². The topological polar surface area (TPSA) is 346 Å². The van der Waals surface area contributed by atoms with Gasteiger partial charge in [-0.05, 0) is 151 Å². The monoisotopic (exact) mass is 1320 g/mol. The van der Waals surface area contributed by atoms with Crippen molar-refractivity contribution in [2.24, 2.45) is 35.5 Å². The van der Waals surface area contributed by atoms with Gasteiger partial charge >= 0.3 is 12.2 Å². The number of hydrogen-bond acceptors (Lipinski definition) is 23. The van der Waals surface area contributed by atoms with Crippen LogP contribution in [0.15, 0.2) is 49.6 Å². The molecule has 0 aromatic carbocycles. The third kappa shape index (κ3) is 24.2. The summed E-state index contributed by atoms with van der Waals surface area (Å²) in [5.74, 6) is 5.60. The number of hydrogen-bond donors (Lipinski definition) is 6. The fraction of sp³-hybridized carbons (Fsp3) is 0.639. The number of halogens is 3. The van der Waals surface area contributed by atoms with Crippen LogP contribution in [0.1, 0.15) is 120 Å². The first kappa shape index (κ1) is 71.4. The second kappa shape index (κ2) is 32.5. The molecule has 6 unspecified atom stereocenters. The smallest absolute Gasteiger partial charge is 0.410 e. The van der Waals surface area contributed by atoms with Gasteiger partial charge < -0.3 is 66.5 Å². The number of aromatic nitrogens is 8. The van der Waals surface area contributed by atoms with E-state index >= 15 is 0 Å². The van der Waals surface area contributed by atoms with Gasteiger partial charge in [-0.3, -0.25) is 39.1 Å². The summed E-state index contributed by atoms with van der Waals surface area (Å²) in [6.45, 7) is 25.5. The van der Waals surface area contributed by atoms with E-state index in [1.54, 1.807) is 34.6 Å². The fourth-order valence-electron chi connectivity index (χ4n) is 10.6. The highest BCUT2D eigenvalue weighted by Crippen LogP contribution is 2.37. The Morgan fingerprint density at radius 1 is 0.549 bits per heavy atom. The van der Waals surface area contributed by atoms with Crippen LogP contribution in [0.3, 0.4) is 0 Å². The molecule has 0 spiro atoms. The van der Waals surface area contributed by atoms with E-state index in [1.165, 1.54) is 50.8 Å². The summed E-state index contributed by atoms with van der Waals surface area (Å²) in [6, 6.07) is 1.29. The number of fused-ring (bicyclic) bond motifs is 3. The highest BCUT2D eigenvalue weighted by atomic mass is 35.5. The number of nitrogens with two attached hydrogens (primary N) is 2. The lowest BCUT2D eigenvalue weighted by Crippen LogP contribution is -2.39. The van der Waals surface area contributed by atoms with E-state index < -0.39 is 11.2 Å². The molecule has 4 amide bonds.